The molecule has 0 fully saturated rings. The molecule has 1 nitrogen and oxygen atoms in total. The van der Waals surface area contributed by atoms with E-state index in [-0.39, 0.29) is 0 Å². The Kier molecular flexibility index (Phi) is 3.13. The number of aryl methyl sites for hydroxylation is 2. The van der Waals surface area contributed by atoms with E-state index in [9.17, 15) is 5.11 Å². The van der Waals surface area contributed by atoms with Crippen LogP contribution in [-0.4, -0.2) is 5.11 Å². The van der Waals surface area contributed by atoms with Crippen LogP contribution in [0.1, 0.15) is 24.5 Å². The van der Waals surface area contributed by atoms with E-state index >= 15 is 0 Å². The van der Waals surface area contributed by atoms with E-state index in [1.165, 1.54) is 11.1 Å². The predicted molar refractivity (Wildman–Crippen MR) is 56.0 cm³/mol. The highest BCUT2D eigenvalue weighted by molar-refractivity contribution is 5.35. The Morgan fingerprint density at radius 1 is 1.46 bits per heavy atom. The molecular weight excluding hydrogens is 160 g/mol. The van der Waals surface area contributed by atoms with Gasteiger partial charge in [0, 0.05) is 0 Å². The highest BCUT2D eigenvalue weighted by Crippen LogP contribution is 2.18. The molecule has 0 spiro atoms. The third kappa shape index (κ3) is 2.94. The van der Waals surface area contributed by atoms with Crippen molar-refractivity contribution in [2.75, 3.05) is 0 Å². The van der Waals surface area contributed by atoms with E-state index in [1.807, 2.05) is 26.0 Å². The zero-order chi connectivity index (χ0) is 9.84. The second-order valence-electron chi connectivity index (χ2n) is 3.58. The molecule has 1 N–H and O–H groups in total. The van der Waals surface area contributed by atoms with Gasteiger partial charge in [-0.05, 0) is 43.9 Å². The van der Waals surface area contributed by atoms with Gasteiger partial charge in [-0.15, -0.1) is 6.58 Å². The Balaban J connectivity index is 2.68. The predicted octanol–water partition coefficient (Wildman–Crippen LogP) is 3.21. The Hall–Kier alpha value is -1.24. The van der Waals surface area contributed by atoms with Crippen LogP contribution in [0.25, 0.3) is 0 Å². The van der Waals surface area contributed by atoms with E-state index in [4.69, 9.17) is 0 Å². The van der Waals surface area contributed by atoms with Gasteiger partial charge in [0.15, 0.2) is 0 Å². The molecule has 0 unspecified atom stereocenters. The van der Waals surface area contributed by atoms with Gasteiger partial charge in [-0.25, -0.2) is 0 Å². The van der Waals surface area contributed by atoms with E-state index < -0.39 is 0 Å². The average molecular weight is 176 g/mol. The number of hydrogen-bond acceptors (Lipinski definition) is 1. The first kappa shape index (κ1) is 9.85. The standard InChI is InChI=1S/C12H16O/c1-9(2)4-5-11-6-7-12(13)10(3)8-11/h6-8,13H,1,4-5H2,2-3H3. The van der Waals surface area contributed by atoms with Gasteiger partial charge >= 0.3 is 0 Å². The van der Waals surface area contributed by atoms with Crippen LogP contribution in [0.2, 0.25) is 0 Å². The minimum atomic E-state index is 0.374. The number of benzene rings is 1. The van der Waals surface area contributed by atoms with Crippen LogP contribution in [0.4, 0.5) is 0 Å². The molecule has 1 aromatic carbocycles. The molecule has 0 aliphatic heterocycles. The lowest BCUT2D eigenvalue weighted by Crippen LogP contribution is -1.87. The van der Waals surface area contributed by atoms with Crippen molar-refractivity contribution in [2.24, 2.45) is 0 Å². The van der Waals surface area contributed by atoms with Gasteiger partial charge in [-0.3, -0.25) is 0 Å². The summed E-state index contributed by atoms with van der Waals surface area (Å²) in [6.45, 7) is 7.81. The SMILES string of the molecule is C=C(C)CCc1ccc(O)c(C)c1. The normalized spacial score (nSPS) is 10.0. The first-order valence-electron chi connectivity index (χ1n) is 4.52. The second-order valence-corrected chi connectivity index (χ2v) is 3.58. The molecule has 70 valence electrons. The van der Waals surface area contributed by atoms with Crippen molar-refractivity contribution in [3.05, 3.63) is 41.5 Å². The lowest BCUT2D eigenvalue weighted by molar-refractivity contribution is 0.471. The van der Waals surface area contributed by atoms with Crippen molar-refractivity contribution < 1.29 is 5.11 Å². The maximum Gasteiger partial charge on any atom is 0.118 e. The Labute approximate surface area is 79.7 Å². The minimum absolute atomic E-state index is 0.374. The molecule has 0 saturated carbocycles. The quantitative estimate of drug-likeness (QED) is 0.701. The third-order valence-electron chi connectivity index (χ3n) is 2.10. The number of allylic oxidation sites excluding steroid dienone is 1. The van der Waals surface area contributed by atoms with Crippen LogP contribution in [0, 0.1) is 6.92 Å². The number of aromatic hydroxyl groups is 1. The summed E-state index contributed by atoms with van der Waals surface area (Å²) in [5, 5.41) is 9.30. The molecule has 0 atom stereocenters. The lowest BCUT2D eigenvalue weighted by atomic mass is 10.0. The first-order chi connectivity index (χ1) is 6.09. The van der Waals surface area contributed by atoms with Crippen molar-refractivity contribution in [2.45, 2.75) is 26.7 Å². The largest absolute Gasteiger partial charge is 0.508 e. The van der Waals surface area contributed by atoms with Gasteiger partial charge in [0.2, 0.25) is 0 Å². The molecule has 0 aromatic heterocycles. The lowest BCUT2D eigenvalue weighted by Gasteiger charge is -2.03. The summed E-state index contributed by atoms with van der Waals surface area (Å²) in [5.74, 6) is 0.374. The van der Waals surface area contributed by atoms with Gasteiger partial charge in [-0.2, -0.15) is 0 Å². The van der Waals surface area contributed by atoms with Gasteiger partial charge in [0.25, 0.3) is 0 Å². The highest BCUT2D eigenvalue weighted by atomic mass is 16.3. The molecule has 1 aromatic rings. The minimum Gasteiger partial charge on any atom is -0.508 e. The number of phenols is 1. The first-order valence-corrected chi connectivity index (χ1v) is 4.52. The van der Waals surface area contributed by atoms with E-state index in [0.29, 0.717) is 5.75 Å². The van der Waals surface area contributed by atoms with E-state index in [2.05, 4.69) is 6.58 Å². The zero-order valence-corrected chi connectivity index (χ0v) is 8.30. The summed E-state index contributed by atoms with van der Waals surface area (Å²) < 4.78 is 0. The van der Waals surface area contributed by atoms with E-state index in [1.54, 1.807) is 6.07 Å². The summed E-state index contributed by atoms with van der Waals surface area (Å²) in [6.07, 6.45) is 2.03. The van der Waals surface area contributed by atoms with Gasteiger partial charge < -0.3 is 5.11 Å². The topological polar surface area (TPSA) is 20.2 Å². The fourth-order valence-electron chi connectivity index (χ4n) is 1.23. The molecule has 0 bridgehead atoms. The third-order valence-corrected chi connectivity index (χ3v) is 2.10. The van der Waals surface area contributed by atoms with Crippen LogP contribution >= 0.6 is 0 Å². The summed E-state index contributed by atoms with van der Waals surface area (Å²) in [6, 6.07) is 5.74. The second kappa shape index (κ2) is 4.13. The van der Waals surface area contributed by atoms with Crippen LogP contribution in [-0.2, 0) is 6.42 Å². The van der Waals surface area contributed by atoms with Gasteiger partial charge in [0.1, 0.15) is 5.75 Å². The van der Waals surface area contributed by atoms with Crippen molar-refractivity contribution in [3.63, 3.8) is 0 Å². The molecule has 0 aliphatic rings. The Morgan fingerprint density at radius 2 is 2.15 bits per heavy atom. The summed E-state index contributed by atoms with van der Waals surface area (Å²) in [7, 11) is 0. The molecular formula is C12H16O. The monoisotopic (exact) mass is 176 g/mol. The number of rotatable bonds is 3. The average Bonchev–Trinajstić information content (AvgIpc) is 2.07. The number of hydrogen-bond donors (Lipinski definition) is 1. The Morgan fingerprint density at radius 3 is 2.69 bits per heavy atom. The van der Waals surface area contributed by atoms with Crippen LogP contribution in [0.15, 0.2) is 30.4 Å². The molecule has 0 radical (unpaired) electrons. The molecule has 0 heterocycles. The van der Waals surface area contributed by atoms with Crippen LogP contribution in [0.5, 0.6) is 5.75 Å². The van der Waals surface area contributed by atoms with Crippen LogP contribution in [0.3, 0.4) is 0 Å². The van der Waals surface area contributed by atoms with Gasteiger partial charge in [-0.1, -0.05) is 17.7 Å². The maximum absolute atomic E-state index is 9.30. The molecule has 13 heavy (non-hydrogen) atoms. The van der Waals surface area contributed by atoms with Crippen molar-refractivity contribution >= 4 is 0 Å². The van der Waals surface area contributed by atoms with Crippen molar-refractivity contribution in [3.8, 4) is 5.75 Å². The Bertz CT molecular complexity index is 313. The summed E-state index contributed by atoms with van der Waals surface area (Å²) in [4.78, 5) is 0. The fourth-order valence-corrected chi connectivity index (χ4v) is 1.23. The number of phenolic OH excluding ortho intramolecular Hbond substituents is 1. The molecule has 1 rings (SSSR count). The highest BCUT2D eigenvalue weighted by Gasteiger charge is 1.97. The fraction of sp³-hybridized carbons (Fsp3) is 0.333. The van der Waals surface area contributed by atoms with Crippen LogP contribution < -0.4 is 0 Å². The van der Waals surface area contributed by atoms with Crippen molar-refractivity contribution in [1.82, 2.24) is 0 Å². The molecule has 1 heteroatoms. The maximum atomic E-state index is 9.30. The zero-order valence-electron chi connectivity index (χ0n) is 8.30. The summed E-state index contributed by atoms with van der Waals surface area (Å²) in [5.41, 5.74) is 3.41. The van der Waals surface area contributed by atoms with E-state index in [0.717, 1.165) is 18.4 Å². The van der Waals surface area contributed by atoms with Gasteiger partial charge in [0.05, 0.1) is 0 Å². The molecule has 0 amide bonds. The molecule has 0 aliphatic carbocycles. The summed E-state index contributed by atoms with van der Waals surface area (Å²) >= 11 is 0. The smallest absolute Gasteiger partial charge is 0.118 e. The van der Waals surface area contributed by atoms with Crippen molar-refractivity contribution in [1.29, 1.82) is 0 Å². The molecule has 0 saturated heterocycles.